The van der Waals surface area contributed by atoms with Gasteiger partial charge in [-0.2, -0.15) is 0 Å². The summed E-state index contributed by atoms with van der Waals surface area (Å²) < 4.78 is 0. The fraction of sp³-hybridized carbons (Fsp3) is 0.273. The molecule has 1 aromatic carbocycles. The van der Waals surface area contributed by atoms with Crippen molar-refractivity contribution in [3.63, 3.8) is 0 Å². The predicted octanol–water partition coefficient (Wildman–Crippen LogP) is 2.13. The van der Waals surface area contributed by atoms with E-state index in [-0.39, 0.29) is 0 Å². The Morgan fingerprint density at radius 3 is 2.77 bits per heavy atom. The van der Waals surface area contributed by atoms with Gasteiger partial charge in [-0.3, -0.25) is 0 Å². The van der Waals surface area contributed by atoms with Crippen LogP contribution in [0.5, 0.6) is 0 Å². The molecule has 3 N–H and O–H groups in total. The fourth-order valence-electron chi connectivity index (χ4n) is 1.12. The van der Waals surface area contributed by atoms with E-state index in [9.17, 15) is 0 Å². The van der Waals surface area contributed by atoms with Crippen LogP contribution in [0.25, 0.3) is 0 Å². The summed E-state index contributed by atoms with van der Waals surface area (Å²) in [4.78, 5) is 0. The number of rotatable bonds is 4. The number of nitrogens with two attached hydrogens (primary N) is 1. The van der Waals surface area contributed by atoms with Crippen LogP contribution in [0.2, 0.25) is 0 Å². The molecule has 1 aromatic rings. The topological polar surface area (TPSA) is 38.0 Å². The minimum atomic E-state index is 0.569. The molecule has 0 aromatic heterocycles. The van der Waals surface area contributed by atoms with Crippen LogP contribution in [0.1, 0.15) is 12.5 Å². The van der Waals surface area contributed by atoms with Crippen molar-refractivity contribution in [1.82, 2.24) is 0 Å². The molecule has 1 rings (SSSR count). The molecule has 0 heterocycles. The predicted molar refractivity (Wildman–Crippen MR) is 57.6 cm³/mol. The maximum absolute atomic E-state index is 5.59. The van der Waals surface area contributed by atoms with Crippen LogP contribution in [-0.4, -0.2) is 6.54 Å². The second-order valence-electron chi connectivity index (χ2n) is 3.17. The summed E-state index contributed by atoms with van der Waals surface area (Å²) in [6.45, 7) is 7.20. The van der Waals surface area contributed by atoms with Gasteiger partial charge in [0.25, 0.3) is 0 Å². The first-order chi connectivity index (χ1) is 6.24. The van der Waals surface area contributed by atoms with E-state index in [2.05, 4.69) is 11.9 Å². The quantitative estimate of drug-likeness (QED) is 0.690. The molecule has 0 fully saturated rings. The Hall–Kier alpha value is -1.28. The Morgan fingerprint density at radius 2 is 2.15 bits per heavy atom. The molecular weight excluding hydrogens is 160 g/mol. The maximum Gasteiger partial charge on any atom is 0.0388 e. The lowest BCUT2D eigenvalue weighted by Crippen LogP contribution is -2.06. The summed E-state index contributed by atoms with van der Waals surface area (Å²) in [6, 6.07) is 8.06. The third-order valence-corrected chi connectivity index (χ3v) is 1.82. The monoisotopic (exact) mass is 176 g/mol. The minimum Gasteiger partial charge on any atom is -0.381 e. The Bertz CT molecular complexity index is 292. The molecule has 0 saturated carbocycles. The molecular formula is C11H16N2. The number of nitrogens with one attached hydrogen (secondary N) is 1. The summed E-state index contributed by atoms with van der Waals surface area (Å²) in [6.07, 6.45) is 0. The van der Waals surface area contributed by atoms with Crippen LogP contribution in [0, 0.1) is 0 Å². The molecule has 0 bridgehead atoms. The third kappa shape index (κ3) is 2.92. The molecule has 0 amide bonds. The highest BCUT2D eigenvalue weighted by molar-refractivity contribution is 5.51. The number of hydrogen-bond donors (Lipinski definition) is 2. The van der Waals surface area contributed by atoms with Crippen LogP contribution in [0.3, 0.4) is 0 Å². The summed E-state index contributed by atoms with van der Waals surface area (Å²) in [5.41, 5.74) is 8.96. The van der Waals surface area contributed by atoms with Gasteiger partial charge in [0.1, 0.15) is 0 Å². The highest BCUT2D eigenvalue weighted by Gasteiger charge is 1.97. The normalized spacial score (nSPS) is 9.69. The van der Waals surface area contributed by atoms with E-state index in [1.807, 2.05) is 31.2 Å². The van der Waals surface area contributed by atoms with Gasteiger partial charge >= 0.3 is 0 Å². The largest absolute Gasteiger partial charge is 0.381 e. The van der Waals surface area contributed by atoms with Crippen molar-refractivity contribution in [2.24, 2.45) is 5.73 Å². The zero-order valence-corrected chi connectivity index (χ0v) is 8.01. The average molecular weight is 176 g/mol. The first kappa shape index (κ1) is 9.81. The molecule has 0 atom stereocenters. The van der Waals surface area contributed by atoms with Gasteiger partial charge in [0.2, 0.25) is 0 Å². The van der Waals surface area contributed by atoms with Crippen molar-refractivity contribution in [2.45, 2.75) is 13.5 Å². The molecule has 0 saturated heterocycles. The molecule has 13 heavy (non-hydrogen) atoms. The molecule has 0 spiro atoms. The average Bonchev–Trinajstić information content (AvgIpc) is 2.15. The highest BCUT2D eigenvalue weighted by atomic mass is 14.9. The molecule has 70 valence electrons. The summed E-state index contributed by atoms with van der Waals surface area (Å²) in [7, 11) is 0. The van der Waals surface area contributed by atoms with E-state index in [4.69, 9.17) is 5.73 Å². The van der Waals surface area contributed by atoms with Crippen LogP contribution in [-0.2, 0) is 6.54 Å². The first-order valence-electron chi connectivity index (χ1n) is 4.40. The van der Waals surface area contributed by atoms with E-state index in [1.54, 1.807) is 0 Å². The van der Waals surface area contributed by atoms with Gasteiger partial charge in [-0.15, -0.1) is 0 Å². The highest BCUT2D eigenvalue weighted by Crippen LogP contribution is 2.13. The number of anilines is 1. The molecule has 0 radical (unpaired) electrons. The Labute approximate surface area is 79.5 Å². The first-order valence-corrected chi connectivity index (χ1v) is 4.40. The molecule has 2 heteroatoms. The van der Waals surface area contributed by atoms with Crippen molar-refractivity contribution < 1.29 is 0 Å². The van der Waals surface area contributed by atoms with E-state index in [1.165, 1.54) is 0 Å². The zero-order valence-electron chi connectivity index (χ0n) is 8.01. The SMILES string of the molecule is C=C(C)CNc1ccccc1CN. The molecule has 2 nitrogen and oxygen atoms in total. The fourth-order valence-corrected chi connectivity index (χ4v) is 1.12. The van der Waals surface area contributed by atoms with Crippen molar-refractivity contribution in [2.75, 3.05) is 11.9 Å². The van der Waals surface area contributed by atoms with Crippen LogP contribution >= 0.6 is 0 Å². The van der Waals surface area contributed by atoms with Crippen molar-refractivity contribution in [3.8, 4) is 0 Å². The zero-order chi connectivity index (χ0) is 9.68. The van der Waals surface area contributed by atoms with Gasteiger partial charge in [0.15, 0.2) is 0 Å². The van der Waals surface area contributed by atoms with Gasteiger partial charge in [-0.05, 0) is 18.6 Å². The standard InChI is InChI=1S/C11H16N2/c1-9(2)8-13-11-6-4-3-5-10(11)7-12/h3-6,13H,1,7-8,12H2,2H3. The van der Waals surface area contributed by atoms with E-state index >= 15 is 0 Å². The van der Waals surface area contributed by atoms with E-state index in [0.717, 1.165) is 23.4 Å². The smallest absolute Gasteiger partial charge is 0.0388 e. The van der Waals surface area contributed by atoms with E-state index in [0.29, 0.717) is 6.54 Å². The van der Waals surface area contributed by atoms with Crippen LogP contribution in [0.15, 0.2) is 36.4 Å². The Kier molecular flexibility index (Phi) is 3.53. The lowest BCUT2D eigenvalue weighted by atomic mass is 10.1. The lowest BCUT2D eigenvalue weighted by Gasteiger charge is -2.09. The Morgan fingerprint density at radius 1 is 1.46 bits per heavy atom. The molecule has 0 unspecified atom stereocenters. The van der Waals surface area contributed by atoms with Crippen LogP contribution < -0.4 is 11.1 Å². The van der Waals surface area contributed by atoms with Gasteiger partial charge in [-0.25, -0.2) is 0 Å². The Balaban J connectivity index is 2.69. The van der Waals surface area contributed by atoms with Gasteiger partial charge in [-0.1, -0.05) is 30.4 Å². The van der Waals surface area contributed by atoms with Crippen molar-refractivity contribution in [1.29, 1.82) is 0 Å². The van der Waals surface area contributed by atoms with Gasteiger partial charge in [0, 0.05) is 18.8 Å². The molecule has 0 aliphatic carbocycles. The van der Waals surface area contributed by atoms with Gasteiger partial charge < -0.3 is 11.1 Å². The maximum atomic E-state index is 5.59. The van der Waals surface area contributed by atoms with E-state index < -0.39 is 0 Å². The van der Waals surface area contributed by atoms with Crippen molar-refractivity contribution in [3.05, 3.63) is 42.0 Å². The number of benzene rings is 1. The summed E-state index contributed by atoms with van der Waals surface area (Å²) in [5, 5.41) is 3.28. The summed E-state index contributed by atoms with van der Waals surface area (Å²) >= 11 is 0. The second kappa shape index (κ2) is 4.67. The van der Waals surface area contributed by atoms with Crippen LogP contribution in [0.4, 0.5) is 5.69 Å². The molecule has 0 aliphatic rings. The minimum absolute atomic E-state index is 0.569. The second-order valence-corrected chi connectivity index (χ2v) is 3.17. The summed E-state index contributed by atoms with van der Waals surface area (Å²) in [5.74, 6) is 0. The van der Waals surface area contributed by atoms with Crippen molar-refractivity contribution >= 4 is 5.69 Å². The number of hydrogen-bond acceptors (Lipinski definition) is 2. The third-order valence-electron chi connectivity index (χ3n) is 1.82. The van der Waals surface area contributed by atoms with Gasteiger partial charge in [0.05, 0.1) is 0 Å². The number of para-hydroxylation sites is 1. The molecule has 0 aliphatic heterocycles. The lowest BCUT2D eigenvalue weighted by molar-refractivity contribution is 1.06.